The lowest BCUT2D eigenvalue weighted by Crippen LogP contribution is -2.49. The third-order valence-corrected chi connectivity index (χ3v) is 4.97. The number of rotatable bonds is 8. The summed E-state index contributed by atoms with van der Waals surface area (Å²) in [7, 11) is 0. The van der Waals surface area contributed by atoms with E-state index in [9.17, 15) is 14.3 Å². The van der Waals surface area contributed by atoms with Crippen molar-refractivity contribution in [2.75, 3.05) is 44.2 Å². The molecule has 3 rings (SSSR count). The molecule has 5 nitrogen and oxygen atoms in total. The highest BCUT2D eigenvalue weighted by atomic mass is 35.5. The molecule has 8 heteroatoms. The Morgan fingerprint density at radius 1 is 1.03 bits per heavy atom. The number of aliphatic hydroxyl groups is 1. The zero-order valence-corrected chi connectivity index (χ0v) is 18.6. The molecule has 30 heavy (non-hydrogen) atoms. The highest BCUT2D eigenvalue weighted by Crippen LogP contribution is 2.17. The molecule has 2 aromatic carbocycles. The van der Waals surface area contributed by atoms with Crippen molar-refractivity contribution in [3.8, 4) is 5.75 Å². The van der Waals surface area contributed by atoms with Gasteiger partial charge in [-0.25, -0.2) is 4.39 Å². The van der Waals surface area contributed by atoms with Gasteiger partial charge in [-0.2, -0.15) is 0 Å². The van der Waals surface area contributed by atoms with Crippen LogP contribution in [0.25, 0.3) is 0 Å². The van der Waals surface area contributed by atoms with E-state index in [1.807, 2.05) is 6.92 Å². The summed E-state index contributed by atoms with van der Waals surface area (Å²) in [5, 5.41) is 10.3. The Hall–Kier alpha value is -1.86. The first-order valence-corrected chi connectivity index (χ1v) is 9.72. The Labute approximate surface area is 189 Å². The van der Waals surface area contributed by atoms with Crippen molar-refractivity contribution in [3.63, 3.8) is 0 Å². The SMILES string of the molecule is CCC(=O)c1ccc(OCC(O)CN2CCN(c3ccc(F)cc3)CC2)cc1.Cl.Cl. The van der Waals surface area contributed by atoms with Crippen molar-refractivity contribution in [1.29, 1.82) is 0 Å². The zero-order chi connectivity index (χ0) is 19.9. The lowest BCUT2D eigenvalue weighted by molar-refractivity contribution is 0.0663. The van der Waals surface area contributed by atoms with Crippen LogP contribution in [0.5, 0.6) is 5.75 Å². The van der Waals surface area contributed by atoms with Gasteiger partial charge in [0.2, 0.25) is 0 Å². The van der Waals surface area contributed by atoms with Crippen molar-refractivity contribution in [2.24, 2.45) is 0 Å². The van der Waals surface area contributed by atoms with Gasteiger partial charge < -0.3 is 14.7 Å². The van der Waals surface area contributed by atoms with Crippen LogP contribution >= 0.6 is 24.8 Å². The van der Waals surface area contributed by atoms with Gasteiger partial charge in [-0.15, -0.1) is 24.8 Å². The molecule has 0 spiro atoms. The molecule has 0 saturated carbocycles. The summed E-state index contributed by atoms with van der Waals surface area (Å²) in [4.78, 5) is 16.1. The molecule has 1 aliphatic rings. The van der Waals surface area contributed by atoms with E-state index in [1.165, 1.54) is 12.1 Å². The van der Waals surface area contributed by atoms with Crippen LogP contribution < -0.4 is 9.64 Å². The van der Waals surface area contributed by atoms with Gasteiger partial charge in [-0.05, 0) is 48.5 Å². The van der Waals surface area contributed by atoms with Gasteiger partial charge in [0.1, 0.15) is 24.3 Å². The van der Waals surface area contributed by atoms with Gasteiger partial charge in [-0.1, -0.05) is 6.92 Å². The maximum Gasteiger partial charge on any atom is 0.162 e. The van der Waals surface area contributed by atoms with Crippen molar-refractivity contribution >= 4 is 36.3 Å². The van der Waals surface area contributed by atoms with Crippen LogP contribution in [0.1, 0.15) is 23.7 Å². The fraction of sp³-hybridized carbons (Fsp3) is 0.409. The number of anilines is 1. The first-order chi connectivity index (χ1) is 13.5. The highest BCUT2D eigenvalue weighted by Gasteiger charge is 2.20. The highest BCUT2D eigenvalue weighted by molar-refractivity contribution is 5.95. The quantitative estimate of drug-likeness (QED) is 0.609. The van der Waals surface area contributed by atoms with E-state index in [4.69, 9.17) is 4.74 Å². The number of nitrogens with zero attached hydrogens (tertiary/aromatic N) is 2. The van der Waals surface area contributed by atoms with Crippen molar-refractivity contribution in [2.45, 2.75) is 19.4 Å². The van der Waals surface area contributed by atoms with Crippen LogP contribution in [0, 0.1) is 5.82 Å². The van der Waals surface area contributed by atoms with Gasteiger partial charge in [0.05, 0.1) is 0 Å². The lowest BCUT2D eigenvalue weighted by Gasteiger charge is -2.36. The first-order valence-electron chi connectivity index (χ1n) is 9.72. The van der Waals surface area contributed by atoms with Gasteiger partial charge >= 0.3 is 0 Å². The Morgan fingerprint density at radius 2 is 1.63 bits per heavy atom. The normalized spacial score (nSPS) is 15.0. The van der Waals surface area contributed by atoms with Crippen LogP contribution in [-0.2, 0) is 0 Å². The molecule has 0 aliphatic carbocycles. The minimum atomic E-state index is -0.589. The van der Waals surface area contributed by atoms with E-state index in [1.54, 1.807) is 36.4 Å². The summed E-state index contributed by atoms with van der Waals surface area (Å²) >= 11 is 0. The molecule has 0 radical (unpaired) electrons. The number of hydrogen-bond acceptors (Lipinski definition) is 5. The average Bonchev–Trinajstić information content (AvgIpc) is 2.73. The van der Waals surface area contributed by atoms with Gasteiger partial charge in [0.25, 0.3) is 0 Å². The summed E-state index contributed by atoms with van der Waals surface area (Å²) in [6.45, 7) is 5.94. The molecule has 1 unspecified atom stereocenters. The lowest BCUT2D eigenvalue weighted by atomic mass is 10.1. The van der Waals surface area contributed by atoms with Gasteiger partial charge in [-0.3, -0.25) is 9.69 Å². The van der Waals surface area contributed by atoms with Crippen molar-refractivity contribution in [3.05, 3.63) is 59.9 Å². The Kier molecular flexibility index (Phi) is 11.1. The molecular formula is C22H29Cl2FN2O3. The minimum absolute atomic E-state index is 0. The molecule has 1 aliphatic heterocycles. The molecule has 166 valence electrons. The predicted molar refractivity (Wildman–Crippen MR) is 122 cm³/mol. The van der Waals surface area contributed by atoms with Gasteiger partial charge in [0, 0.05) is 50.4 Å². The van der Waals surface area contributed by atoms with E-state index in [2.05, 4.69) is 9.80 Å². The molecule has 0 aromatic heterocycles. The number of Topliss-reactive ketones (excluding diaryl/α,β-unsaturated/α-hetero) is 1. The number of halogens is 3. The maximum absolute atomic E-state index is 13.0. The number of piperazine rings is 1. The Morgan fingerprint density at radius 3 is 2.20 bits per heavy atom. The summed E-state index contributed by atoms with van der Waals surface area (Å²) in [6, 6.07) is 13.6. The number of carbonyl (C=O) groups excluding carboxylic acids is 1. The van der Waals surface area contributed by atoms with Crippen LogP contribution in [0.15, 0.2) is 48.5 Å². The molecule has 0 amide bonds. The topological polar surface area (TPSA) is 53.0 Å². The fourth-order valence-electron chi connectivity index (χ4n) is 3.32. The third-order valence-electron chi connectivity index (χ3n) is 4.97. The number of ether oxygens (including phenoxy) is 1. The van der Waals surface area contributed by atoms with Crippen molar-refractivity contribution in [1.82, 2.24) is 4.90 Å². The Balaban J connectivity index is 0.00000225. The number of benzene rings is 2. The number of β-amino-alcohol motifs (C(OH)–C–C–N with tert-alkyl or cyclic N) is 1. The summed E-state index contributed by atoms with van der Waals surface area (Å²) in [5.41, 5.74) is 1.70. The second-order valence-corrected chi connectivity index (χ2v) is 7.03. The van der Waals surface area contributed by atoms with E-state index < -0.39 is 6.10 Å². The molecular weight excluding hydrogens is 430 g/mol. The largest absolute Gasteiger partial charge is 0.491 e. The number of aliphatic hydroxyl groups excluding tert-OH is 1. The standard InChI is InChI=1S/C22H27FN2O3.2ClH/c1-2-22(27)17-3-9-21(10-4-17)28-16-20(26)15-24-11-13-25(14-12-24)19-7-5-18(23)6-8-19;;/h3-10,20,26H,2,11-16H2,1H3;2*1H. The minimum Gasteiger partial charge on any atom is -0.491 e. The van der Waals surface area contributed by atoms with E-state index >= 15 is 0 Å². The second kappa shape index (κ2) is 12.7. The molecule has 1 N–H and O–H groups in total. The Bertz CT molecular complexity index is 767. The van der Waals surface area contributed by atoms with E-state index in [0.717, 1.165) is 31.9 Å². The van der Waals surface area contributed by atoms with Crippen LogP contribution in [0.2, 0.25) is 0 Å². The van der Waals surface area contributed by atoms with Crippen LogP contribution in [0.4, 0.5) is 10.1 Å². The smallest absolute Gasteiger partial charge is 0.162 e. The molecule has 1 heterocycles. The summed E-state index contributed by atoms with van der Waals surface area (Å²) in [6.07, 6.45) is -0.109. The summed E-state index contributed by atoms with van der Waals surface area (Å²) in [5.74, 6) is 0.524. The average molecular weight is 459 g/mol. The predicted octanol–water partition coefficient (Wildman–Crippen LogP) is 3.82. The maximum atomic E-state index is 13.0. The van der Waals surface area contributed by atoms with Gasteiger partial charge in [0.15, 0.2) is 5.78 Å². The zero-order valence-electron chi connectivity index (χ0n) is 17.0. The van der Waals surface area contributed by atoms with E-state index in [0.29, 0.717) is 24.3 Å². The molecule has 2 aromatic rings. The van der Waals surface area contributed by atoms with Crippen molar-refractivity contribution < 1.29 is 19.0 Å². The van der Waals surface area contributed by atoms with Crippen LogP contribution in [-0.4, -0.2) is 61.2 Å². The number of carbonyl (C=O) groups is 1. The van der Waals surface area contributed by atoms with Crippen LogP contribution in [0.3, 0.4) is 0 Å². The molecule has 1 saturated heterocycles. The number of ketones is 1. The number of hydrogen-bond donors (Lipinski definition) is 1. The first kappa shape index (κ1) is 26.2. The molecule has 0 bridgehead atoms. The summed E-state index contributed by atoms with van der Waals surface area (Å²) < 4.78 is 18.7. The monoisotopic (exact) mass is 458 g/mol. The molecule has 1 fully saturated rings. The third kappa shape index (κ3) is 7.43. The second-order valence-electron chi connectivity index (χ2n) is 7.03. The molecule has 1 atom stereocenters. The fourth-order valence-corrected chi connectivity index (χ4v) is 3.32. The van der Waals surface area contributed by atoms with E-state index in [-0.39, 0.29) is 43.0 Å².